The van der Waals surface area contributed by atoms with E-state index < -0.39 is 30.1 Å². The van der Waals surface area contributed by atoms with E-state index in [-0.39, 0.29) is 34.8 Å². The lowest BCUT2D eigenvalue weighted by Gasteiger charge is -2.32. The first-order valence-electron chi connectivity index (χ1n) is 9.36. The van der Waals surface area contributed by atoms with Crippen LogP contribution < -0.4 is 0 Å². The van der Waals surface area contributed by atoms with Crippen LogP contribution >= 0.6 is 0 Å². The Bertz CT molecular complexity index is 1040. The molecule has 2 aromatic rings. The van der Waals surface area contributed by atoms with E-state index in [0.717, 1.165) is 7.11 Å². The van der Waals surface area contributed by atoms with Crippen LogP contribution in [0.2, 0.25) is 0 Å². The molecule has 31 heavy (non-hydrogen) atoms. The summed E-state index contributed by atoms with van der Waals surface area (Å²) in [5.41, 5.74) is -2.29. The molecule has 9 heteroatoms. The fourth-order valence-electron chi connectivity index (χ4n) is 3.44. The van der Waals surface area contributed by atoms with Crippen LogP contribution in [0.15, 0.2) is 48.5 Å². The number of hydrogen-bond donors (Lipinski definition) is 3. The van der Waals surface area contributed by atoms with Crippen LogP contribution in [0.3, 0.4) is 0 Å². The van der Waals surface area contributed by atoms with Crippen LogP contribution in [0.5, 0.6) is 11.5 Å². The monoisotopic (exact) mass is 427 g/mol. The number of amides is 1. The smallest absolute Gasteiger partial charge is 0.364 e. The number of carbonyl (C=O) groups excluding carboxylic acids is 3. The number of aliphatic hydroxyl groups is 1. The molecule has 0 bridgehead atoms. The molecular formula is C22H21NO8. The third kappa shape index (κ3) is 3.82. The molecule has 1 heterocycles. The van der Waals surface area contributed by atoms with Gasteiger partial charge in [-0.3, -0.25) is 14.5 Å². The van der Waals surface area contributed by atoms with Crippen LogP contribution in [-0.4, -0.2) is 64.1 Å². The zero-order valence-corrected chi connectivity index (χ0v) is 16.9. The Morgan fingerprint density at radius 1 is 0.968 bits per heavy atom. The van der Waals surface area contributed by atoms with E-state index in [2.05, 4.69) is 0 Å². The highest BCUT2D eigenvalue weighted by molar-refractivity contribution is 6.34. The second-order valence-corrected chi connectivity index (χ2v) is 6.70. The summed E-state index contributed by atoms with van der Waals surface area (Å²) < 4.78 is 9.67. The highest BCUT2D eigenvalue weighted by Crippen LogP contribution is 2.45. The maximum Gasteiger partial charge on any atom is 0.364 e. The van der Waals surface area contributed by atoms with E-state index in [9.17, 15) is 29.7 Å². The Labute approximate surface area is 177 Å². The Kier molecular flexibility index (Phi) is 5.98. The van der Waals surface area contributed by atoms with E-state index in [1.54, 1.807) is 6.92 Å². The molecule has 0 unspecified atom stereocenters. The van der Waals surface area contributed by atoms with Gasteiger partial charge in [-0.2, -0.15) is 0 Å². The van der Waals surface area contributed by atoms with Gasteiger partial charge in [-0.05, 0) is 42.3 Å². The number of ether oxygens (including phenoxy) is 2. The third-order valence-corrected chi connectivity index (χ3v) is 4.82. The minimum absolute atomic E-state index is 0.0422. The van der Waals surface area contributed by atoms with Gasteiger partial charge in [0.2, 0.25) is 0 Å². The SMILES string of the molecule is CCOC(=O)CN1C(=O)C(c2ccc(O)cc2)=C(c2ccc(O)cc2)[C@]1(O)C(=O)OC. The minimum atomic E-state index is -2.64. The summed E-state index contributed by atoms with van der Waals surface area (Å²) in [4.78, 5) is 39.0. The highest BCUT2D eigenvalue weighted by Gasteiger charge is 2.58. The quantitative estimate of drug-likeness (QED) is 0.587. The van der Waals surface area contributed by atoms with Gasteiger partial charge in [0, 0.05) is 5.57 Å². The molecule has 1 aliphatic heterocycles. The van der Waals surface area contributed by atoms with Crippen molar-refractivity contribution in [1.82, 2.24) is 4.90 Å². The van der Waals surface area contributed by atoms with Crippen molar-refractivity contribution < 1.29 is 39.2 Å². The number of methoxy groups -OCH3 is 1. The largest absolute Gasteiger partial charge is 0.508 e. The molecule has 162 valence electrons. The molecule has 0 saturated carbocycles. The molecule has 1 amide bonds. The molecule has 9 nitrogen and oxygen atoms in total. The zero-order chi connectivity index (χ0) is 22.8. The predicted molar refractivity (Wildman–Crippen MR) is 108 cm³/mol. The fourth-order valence-corrected chi connectivity index (χ4v) is 3.44. The van der Waals surface area contributed by atoms with Crippen molar-refractivity contribution in [1.29, 1.82) is 0 Å². The maximum atomic E-state index is 13.4. The average Bonchev–Trinajstić information content (AvgIpc) is 2.97. The molecule has 0 saturated heterocycles. The molecule has 3 rings (SSSR count). The summed E-state index contributed by atoms with van der Waals surface area (Å²) in [5, 5.41) is 30.8. The standard InChI is InChI=1S/C22H21NO8/c1-3-31-17(26)12-23-20(27)18(13-4-8-15(24)9-5-13)19(22(23,29)21(28)30-2)14-6-10-16(25)11-7-14/h4-11,24-25,29H,3,12H2,1-2H3/t22-/m0/s1. The Morgan fingerprint density at radius 3 is 1.97 bits per heavy atom. The van der Waals surface area contributed by atoms with Gasteiger partial charge in [-0.1, -0.05) is 24.3 Å². The topological polar surface area (TPSA) is 134 Å². The zero-order valence-electron chi connectivity index (χ0n) is 16.9. The minimum Gasteiger partial charge on any atom is -0.508 e. The van der Waals surface area contributed by atoms with Gasteiger partial charge in [0.05, 0.1) is 19.3 Å². The van der Waals surface area contributed by atoms with Crippen LogP contribution in [0.4, 0.5) is 0 Å². The van der Waals surface area contributed by atoms with E-state index in [1.165, 1.54) is 48.5 Å². The van der Waals surface area contributed by atoms with Gasteiger partial charge in [0.25, 0.3) is 11.6 Å². The average molecular weight is 427 g/mol. The van der Waals surface area contributed by atoms with E-state index in [1.807, 2.05) is 0 Å². The fraction of sp³-hybridized carbons (Fsp3) is 0.227. The predicted octanol–water partition coefficient (Wildman–Crippen LogP) is 1.28. The van der Waals surface area contributed by atoms with Crippen LogP contribution in [0.25, 0.3) is 11.1 Å². The number of phenols is 2. The summed E-state index contributed by atoms with van der Waals surface area (Å²) >= 11 is 0. The number of benzene rings is 2. The van der Waals surface area contributed by atoms with Crippen molar-refractivity contribution in [3.63, 3.8) is 0 Å². The number of hydrogen-bond acceptors (Lipinski definition) is 8. The summed E-state index contributed by atoms with van der Waals surface area (Å²) in [6.45, 7) is 0.917. The van der Waals surface area contributed by atoms with Gasteiger partial charge in [-0.15, -0.1) is 0 Å². The first-order valence-corrected chi connectivity index (χ1v) is 9.36. The summed E-state index contributed by atoms with van der Waals surface area (Å²) in [6, 6.07) is 11.0. The molecule has 0 spiro atoms. The molecule has 0 aliphatic carbocycles. The lowest BCUT2D eigenvalue weighted by Crippen LogP contribution is -2.56. The Morgan fingerprint density at radius 2 is 1.48 bits per heavy atom. The van der Waals surface area contributed by atoms with Crippen molar-refractivity contribution >= 4 is 29.0 Å². The van der Waals surface area contributed by atoms with Gasteiger partial charge in [-0.25, -0.2) is 4.79 Å². The molecule has 0 fully saturated rings. The molecule has 0 radical (unpaired) electrons. The number of aromatic hydroxyl groups is 2. The van der Waals surface area contributed by atoms with Crippen molar-refractivity contribution in [3.05, 3.63) is 59.7 Å². The van der Waals surface area contributed by atoms with Crippen molar-refractivity contribution in [2.45, 2.75) is 12.6 Å². The summed E-state index contributed by atoms with van der Waals surface area (Å²) in [7, 11) is 1.04. The molecule has 3 N–H and O–H groups in total. The number of esters is 2. The Balaban J connectivity index is 2.29. The Hall–Kier alpha value is -3.85. The molecule has 0 aromatic heterocycles. The van der Waals surface area contributed by atoms with Gasteiger partial charge >= 0.3 is 11.9 Å². The summed E-state index contributed by atoms with van der Waals surface area (Å²) in [6.07, 6.45) is 0. The van der Waals surface area contributed by atoms with E-state index >= 15 is 0 Å². The van der Waals surface area contributed by atoms with Crippen LogP contribution in [0, 0.1) is 0 Å². The van der Waals surface area contributed by atoms with E-state index in [4.69, 9.17) is 9.47 Å². The second kappa shape index (κ2) is 8.49. The number of carbonyl (C=O) groups is 3. The normalized spacial score (nSPS) is 18.3. The van der Waals surface area contributed by atoms with Gasteiger partial charge in [0.1, 0.15) is 18.0 Å². The van der Waals surface area contributed by atoms with Crippen LogP contribution in [-0.2, 0) is 23.9 Å². The van der Waals surface area contributed by atoms with Gasteiger partial charge < -0.3 is 24.8 Å². The molecule has 1 aliphatic rings. The van der Waals surface area contributed by atoms with E-state index in [0.29, 0.717) is 10.5 Å². The third-order valence-electron chi connectivity index (χ3n) is 4.82. The van der Waals surface area contributed by atoms with Crippen molar-refractivity contribution in [2.75, 3.05) is 20.3 Å². The molecule has 2 aromatic carbocycles. The lowest BCUT2D eigenvalue weighted by molar-refractivity contribution is -0.178. The number of phenolic OH excluding ortho intramolecular Hbond substituents is 2. The number of rotatable bonds is 6. The van der Waals surface area contributed by atoms with Crippen molar-refractivity contribution in [3.8, 4) is 11.5 Å². The van der Waals surface area contributed by atoms with Crippen molar-refractivity contribution in [2.24, 2.45) is 0 Å². The summed E-state index contributed by atoms with van der Waals surface area (Å²) in [5.74, 6) is -2.93. The molecule has 1 atom stereocenters. The van der Waals surface area contributed by atoms with Gasteiger partial charge in [0.15, 0.2) is 0 Å². The first kappa shape index (κ1) is 21.8. The first-order chi connectivity index (χ1) is 14.7. The number of nitrogens with zero attached hydrogens (tertiary/aromatic N) is 1. The lowest BCUT2D eigenvalue weighted by atomic mass is 9.90. The second-order valence-electron chi connectivity index (χ2n) is 6.70. The van der Waals surface area contributed by atoms with Crippen LogP contribution in [0.1, 0.15) is 18.1 Å². The highest BCUT2D eigenvalue weighted by atomic mass is 16.5. The maximum absolute atomic E-state index is 13.4. The molecular weight excluding hydrogens is 406 g/mol.